The number of nitrogens with zero attached hydrogens (tertiary/aromatic N) is 2. The van der Waals surface area contributed by atoms with Crippen molar-refractivity contribution in [3.63, 3.8) is 0 Å². The monoisotopic (exact) mass is 279 g/mol. The average Bonchev–Trinajstić information content (AvgIpc) is 2.50. The maximum absolute atomic E-state index is 12.0. The molecule has 0 aliphatic carbocycles. The van der Waals surface area contributed by atoms with E-state index in [0.29, 0.717) is 22.7 Å². The molecule has 2 rings (SSSR count). The Kier molecular flexibility index (Phi) is 4.37. The van der Waals surface area contributed by atoms with Crippen LogP contribution in [0.2, 0.25) is 0 Å². The zero-order valence-electron chi connectivity index (χ0n) is 10.7. The Bertz CT molecular complexity index is 710. The van der Waals surface area contributed by atoms with E-state index in [1.807, 2.05) is 0 Å². The van der Waals surface area contributed by atoms with Crippen molar-refractivity contribution in [2.24, 2.45) is 0 Å². The number of ether oxygens (including phenoxy) is 2. The van der Waals surface area contributed by atoms with Gasteiger partial charge in [-0.25, -0.2) is 0 Å². The maximum Gasteiger partial charge on any atom is 0.292 e. The maximum atomic E-state index is 12.0. The molecule has 0 saturated heterocycles. The van der Waals surface area contributed by atoms with Crippen molar-refractivity contribution in [1.29, 1.82) is 10.5 Å². The molecule has 1 N–H and O–H groups in total. The summed E-state index contributed by atoms with van der Waals surface area (Å²) >= 11 is 0. The third-order valence-electron chi connectivity index (χ3n) is 2.56. The number of carbonyl (C=O) groups is 1. The molecule has 21 heavy (non-hydrogen) atoms. The van der Waals surface area contributed by atoms with Crippen LogP contribution in [0.1, 0.15) is 10.4 Å². The van der Waals surface area contributed by atoms with Crippen LogP contribution in [0.3, 0.4) is 0 Å². The topological polar surface area (TPSA) is 95.1 Å². The Balaban J connectivity index is 2.04. The minimum Gasteiger partial charge on any atom is -0.388 e. The number of hydrogen-bond acceptors (Lipinski definition) is 5. The molecule has 2 aromatic carbocycles. The summed E-state index contributed by atoms with van der Waals surface area (Å²) in [7, 11) is 0. The van der Waals surface area contributed by atoms with Crippen LogP contribution in [-0.4, -0.2) is 5.91 Å². The molecule has 0 radical (unpaired) electrons. The molecule has 0 unspecified atom stereocenters. The van der Waals surface area contributed by atoms with Gasteiger partial charge in [0.25, 0.3) is 18.4 Å². The van der Waals surface area contributed by atoms with E-state index in [2.05, 4.69) is 14.8 Å². The number of rotatable bonds is 4. The highest BCUT2D eigenvalue weighted by Crippen LogP contribution is 2.17. The fourth-order valence-corrected chi connectivity index (χ4v) is 1.59. The minimum atomic E-state index is -0.299. The van der Waals surface area contributed by atoms with Crippen molar-refractivity contribution in [2.75, 3.05) is 5.32 Å². The van der Waals surface area contributed by atoms with E-state index in [1.165, 1.54) is 12.1 Å². The predicted octanol–water partition coefficient (Wildman–Crippen LogP) is 2.66. The van der Waals surface area contributed by atoms with Crippen LogP contribution < -0.4 is 14.8 Å². The van der Waals surface area contributed by atoms with Gasteiger partial charge in [-0.2, -0.15) is 0 Å². The summed E-state index contributed by atoms with van der Waals surface area (Å²) in [6.07, 6.45) is 3.12. The number of carbonyl (C=O) groups excluding carboxylic acids is 1. The second kappa shape index (κ2) is 6.60. The van der Waals surface area contributed by atoms with E-state index in [0.717, 1.165) is 0 Å². The second-order valence-electron chi connectivity index (χ2n) is 3.89. The van der Waals surface area contributed by atoms with Crippen LogP contribution in [0.25, 0.3) is 0 Å². The Morgan fingerprint density at radius 3 is 1.81 bits per heavy atom. The van der Waals surface area contributed by atoms with Gasteiger partial charge in [0.2, 0.25) is 0 Å². The molecule has 6 heteroatoms. The quantitative estimate of drug-likeness (QED) is 0.868. The number of nitrogens with one attached hydrogen (secondary N) is 1. The predicted molar refractivity (Wildman–Crippen MR) is 73.3 cm³/mol. The Labute approximate surface area is 120 Å². The first-order chi connectivity index (χ1) is 10.2. The summed E-state index contributed by atoms with van der Waals surface area (Å²) in [4.78, 5) is 12.0. The average molecular weight is 279 g/mol. The number of amides is 1. The molecule has 0 aromatic heterocycles. The molecule has 0 heterocycles. The summed E-state index contributed by atoms with van der Waals surface area (Å²) in [6.45, 7) is 0. The van der Waals surface area contributed by atoms with Gasteiger partial charge in [0.15, 0.2) is 0 Å². The third kappa shape index (κ3) is 3.72. The molecule has 0 aliphatic heterocycles. The highest BCUT2D eigenvalue weighted by molar-refractivity contribution is 6.04. The molecule has 0 saturated carbocycles. The lowest BCUT2D eigenvalue weighted by molar-refractivity contribution is 0.102. The van der Waals surface area contributed by atoms with Gasteiger partial charge in [-0.05, 0) is 48.5 Å². The van der Waals surface area contributed by atoms with Crippen molar-refractivity contribution in [1.82, 2.24) is 0 Å². The van der Waals surface area contributed by atoms with Gasteiger partial charge in [-0.3, -0.25) is 4.79 Å². The van der Waals surface area contributed by atoms with E-state index < -0.39 is 0 Å². The number of hydrogen-bond donors (Lipinski definition) is 1. The largest absolute Gasteiger partial charge is 0.388 e. The first-order valence-electron chi connectivity index (χ1n) is 5.86. The molecule has 0 bridgehead atoms. The SMILES string of the molecule is N#COc1ccc(NC(=O)c2ccc(OC#N)cc2)cc1. The zero-order chi connectivity index (χ0) is 15.1. The van der Waals surface area contributed by atoms with Crippen LogP contribution in [0.4, 0.5) is 5.69 Å². The molecule has 6 nitrogen and oxygen atoms in total. The minimum absolute atomic E-state index is 0.299. The highest BCUT2D eigenvalue weighted by Gasteiger charge is 2.06. The van der Waals surface area contributed by atoms with Crippen LogP contribution >= 0.6 is 0 Å². The lowest BCUT2D eigenvalue weighted by Crippen LogP contribution is -2.11. The van der Waals surface area contributed by atoms with E-state index >= 15 is 0 Å². The summed E-state index contributed by atoms with van der Waals surface area (Å²) in [5, 5.41) is 19.4. The van der Waals surface area contributed by atoms with Crippen LogP contribution in [0.15, 0.2) is 48.5 Å². The highest BCUT2D eigenvalue weighted by atomic mass is 16.5. The molecule has 1 amide bonds. The molecular formula is C15H9N3O3. The Hall–Kier alpha value is -3.51. The smallest absolute Gasteiger partial charge is 0.292 e. The first-order valence-corrected chi connectivity index (χ1v) is 5.86. The van der Waals surface area contributed by atoms with Crippen LogP contribution in [-0.2, 0) is 0 Å². The Morgan fingerprint density at radius 1 is 0.857 bits per heavy atom. The molecule has 0 spiro atoms. The van der Waals surface area contributed by atoms with Gasteiger partial charge in [0.05, 0.1) is 0 Å². The molecule has 102 valence electrons. The van der Waals surface area contributed by atoms with Crippen molar-refractivity contribution in [3.05, 3.63) is 54.1 Å². The molecule has 0 fully saturated rings. The lowest BCUT2D eigenvalue weighted by Gasteiger charge is -2.06. The van der Waals surface area contributed by atoms with E-state index in [-0.39, 0.29) is 5.91 Å². The van der Waals surface area contributed by atoms with Crippen LogP contribution in [0.5, 0.6) is 11.5 Å². The zero-order valence-corrected chi connectivity index (χ0v) is 10.7. The fraction of sp³-hybridized carbons (Fsp3) is 0. The second-order valence-corrected chi connectivity index (χ2v) is 3.89. The van der Waals surface area contributed by atoms with Crippen molar-refractivity contribution < 1.29 is 14.3 Å². The summed E-state index contributed by atoms with van der Waals surface area (Å²) in [5.41, 5.74) is 1.00. The van der Waals surface area contributed by atoms with E-state index in [9.17, 15) is 4.79 Å². The number of benzene rings is 2. The van der Waals surface area contributed by atoms with Crippen molar-refractivity contribution in [2.45, 2.75) is 0 Å². The van der Waals surface area contributed by atoms with Crippen molar-refractivity contribution >= 4 is 11.6 Å². The summed E-state index contributed by atoms with van der Waals surface area (Å²) in [5.74, 6) is 0.466. The van der Waals surface area contributed by atoms with Crippen LogP contribution in [0, 0.1) is 23.0 Å². The normalized spacial score (nSPS) is 9.05. The molecule has 0 aliphatic rings. The molecular weight excluding hydrogens is 270 g/mol. The van der Waals surface area contributed by atoms with Gasteiger partial charge in [-0.1, -0.05) is 0 Å². The van der Waals surface area contributed by atoms with Gasteiger partial charge in [-0.15, -0.1) is 10.5 Å². The fourth-order valence-electron chi connectivity index (χ4n) is 1.59. The van der Waals surface area contributed by atoms with Gasteiger partial charge in [0.1, 0.15) is 11.5 Å². The first kappa shape index (κ1) is 13.9. The molecule has 2 aromatic rings. The number of nitriles is 2. The Morgan fingerprint density at radius 2 is 1.33 bits per heavy atom. The van der Waals surface area contributed by atoms with E-state index in [4.69, 9.17) is 10.5 Å². The molecule has 0 atom stereocenters. The number of anilines is 1. The van der Waals surface area contributed by atoms with Gasteiger partial charge >= 0.3 is 0 Å². The standard InChI is InChI=1S/C15H9N3O3/c16-9-20-13-5-1-11(2-6-13)15(19)18-12-3-7-14(8-4-12)21-10-17/h1-8H,(H,18,19). The lowest BCUT2D eigenvalue weighted by atomic mass is 10.2. The summed E-state index contributed by atoms with van der Waals surface area (Å²) in [6, 6.07) is 12.6. The van der Waals surface area contributed by atoms with Crippen molar-refractivity contribution in [3.8, 4) is 24.0 Å². The summed E-state index contributed by atoms with van der Waals surface area (Å²) < 4.78 is 9.27. The van der Waals surface area contributed by atoms with Gasteiger partial charge < -0.3 is 14.8 Å². The van der Waals surface area contributed by atoms with Gasteiger partial charge in [0, 0.05) is 11.3 Å². The third-order valence-corrected chi connectivity index (χ3v) is 2.56. The van der Waals surface area contributed by atoms with E-state index in [1.54, 1.807) is 48.9 Å².